The molecule has 2 aliphatic carbocycles. The summed E-state index contributed by atoms with van der Waals surface area (Å²) in [5.74, 6) is -0.509. The highest BCUT2D eigenvalue weighted by Crippen LogP contribution is 2.37. The maximum Gasteiger partial charge on any atom is 0.254 e. The van der Waals surface area contributed by atoms with Crippen LogP contribution in [0, 0.1) is 5.82 Å². The monoisotopic (exact) mass is 371 g/mol. The zero-order valence-electron chi connectivity index (χ0n) is 15.2. The van der Waals surface area contributed by atoms with Gasteiger partial charge in [-0.25, -0.2) is 4.39 Å². The lowest BCUT2D eigenvalue weighted by Crippen LogP contribution is -2.33. The van der Waals surface area contributed by atoms with Gasteiger partial charge in [0.05, 0.1) is 0 Å². The van der Waals surface area contributed by atoms with Crippen molar-refractivity contribution >= 4 is 11.7 Å². The Hall–Kier alpha value is -3.27. The summed E-state index contributed by atoms with van der Waals surface area (Å²) < 4.78 is 14.1. The highest BCUT2D eigenvalue weighted by Gasteiger charge is 2.34. The van der Waals surface area contributed by atoms with Gasteiger partial charge in [0.2, 0.25) is 0 Å². The number of carbonyl (C=O) groups is 2. The van der Waals surface area contributed by atoms with Gasteiger partial charge < -0.3 is 4.90 Å². The highest BCUT2D eigenvalue weighted by atomic mass is 19.1. The Labute approximate surface area is 162 Å². The fraction of sp³-hybridized carbons (Fsp3) is 0.167. The predicted octanol–water partition coefficient (Wildman–Crippen LogP) is 4.84. The molecule has 0 atom stereocenters. The molecule has 3 aromatic carbocycles. The van der Waals surface area contributed by atoms with Crippen LogP contribution in [0.15, 0.2) is 66.7 Å². The summed E-state index contributed by atoms with van der Waals surface area (Å²) in [7, 11) is 0. The zero-order valence-corrected chi connectivity index (χ0v) is 15.2. The van der Waals surface area contributed by atoms with E-state index >= 15 is 0 Å². The first-order valence-corrected chi connectivity index (χ1v) is 9.46. The van der Waals surface area contributed by atoms with Gasteiger partial charge in [0.15, 0.2) is 5.78 Å². The maximum atomic E-state index is 14.1. The van der Waals surface area contributed by atoms with Crippen molar-refractivity contribution in [3.8, 4) is 11.1 Å². The molecule has 0 aliphatic heterocycles. The van der Waals surface area contributed by atoms with Gasteiger partial charge in [-0.05, 0) is 42.2 Å². The third kappa shape index (κ3) is 2.73. The first-order chi connectivity index (χ1) is 13.6. The molecule has 1 saturated carbocycles. The van der Waals surface area contributed by atoms with Crippen LogP contribution in [0.3, 0.4) is 0 Å². The molecule has 4 heteroatoms. The van der Waals surface area contributed by atoms with Gasteiger partial charge in [0.1, 0.15) is 5.82 Å². The lowest BCUT2D eigenvalue weighted by atomic mass is 10.0. The van der Waals surface area contributed by atoms with E-state index < -0.39 is 0 Å². The van der Waals surface area contributed by atoms with E-state index in [-0.39, 0.29) is 30.1 Å². The number of fused-ring (bicyclic) bond motifs is 3. The van der Waals surface area contributed by atoms with Gasteiger partial charge in [-0.2, -0.15) is 0 Å². The van der Waals surface area contributed by atoms with Crippen molar-refractivity contribution < 1.29 is 14.0 Å². The Morgan fingerprint density at radius 2 is 1.57 bits per heavy atom. The van der Waals surface area contributed by atoms with Gasteiger partial charge in [-0.1, -0.05) is 48.5 Å². The van der Waals surface area contributed by atoms with Gasteiger partial charge in [-0.15, -0.1) is 0 Å². The minimum atomic E-state index is -0.305. The first kappa shape index (κ1) is 16.9. The van der Waals surface area contributed by atoms with E-state index in [4.69, 9.17) is 0 Å². The van der Waals surface area contributed by atoms with Crippen molar-refractivity contribution in [3.63, 3.8) is 0 Å². The summed E-state index contributed by atoms with van der Waals surface area (Å²) in [6.45, 7) is 0.238. The van der Waals surface area contributed by atoms with Crippen molar-refractivity contribution in [1.29, 1.82) is 0 Å². The van der Waals surface area contributed by atoms with Crippen LogP contribution >= 0.6 is 0 Å². The quantitative estimate of drug-likeness (QED) is 0.515. The van der Waals surface area contributed by atoms with Crippen molar-refractivity contribution in [3.05, 3.63) is 94.8 Å². The van der Waals surface area contributed by atoms with E-state index in [9.17, 15) is 14.0 Å². The molecule has 0 heterocycles. The fourth-order valence-corrected chi connectivity index (χ4v) is 3.89. The number of carbonyl (C=O) groups excluding carboxylic acids is 2. The SMILES string of the molecule is O=C1c2ccccc2-c2ccc(C(=O)N(Cc3ccccc3F)C3CC3)cc21. The lowest BCUT2D eigenvalue weighted by molar-refractivity contribution is 0.0728. The van der Waals surface area contributed by atoms with Crippen LogP contribution in [0.4, 0.5) is 4.39 Å². The zero-order chi connectivity index (χ0) is 19.3. The average molecular weight is 371 g/mol. The Kier molecular flexibility index (Phi) is 3.86. The molecule has 1 amide bonds. The summed E-state index contributed by atoms with van der Waals surface area (Å²) >= 11 is 0. The third-order valence-electron chi connectivity index (χ3n) is 5.52. The van der Waals surface area contributed by atoms with E-state index in [1.807, 2.05) is 30.3 Å². The van der Waals surface area contributed by atoms with Crippen molar-refractivity contribution in [2.24, 2.45) is 0 Å². The van der Waals surface area contributed by atoms with Crippen LogP contribution in [0.25, 0.3) is 11.1 Å². The molecule has 1 fully saturated rings. The van der Waals surface area contributed by atoms with Crippen LogP contribution in [0.5, 0.6) is 0 Å². The Bertz CT molecular complexity index is 1120. The minimum Gasteiger partial charge on any atom is -0.331 e. The van der Waals surface area contributed by atoms with Crippen LogP contribution in [-0.4, -0.2) is 22.6 Å². The lowest BCUT2D eigenvalue weighted by Gasteiger charge is -2.23. The van der Waals surface area contributed by atoms with Crippen LogP contribution < -0.4 is 0 Å². The maximum absolute atomic E-state index is 14.1. The number of nitrogens with zero attached hydrogens (tertiary/aromatic N) is 1. The summed E-state index contributed by atoms with van der Waals surface area (Å²) in [5, 5.41) is 0. The third-order valence-corrected chi connectivity index (χ3v) is 5.52. The van der Waals surface area contributed by atoms with Gasteiger partial charge in [0.25, 0.3) is 5.91 Å². The van der Waals surface area contributed by atoms with Crippen molar-refractivity contribution in [2.45, 2.75) is 25.4 Å². The van der Waals surface area contributed by atoms with Crippen molar-refractivity contribution in [1.82, 2.24) is 4.90 Å². The number of amides is 1. The van der Waals surface area contributed by atoms with E-state index in [2.05, 4.69) is 0 Å². The molecule has 0 bridgehead atoms. The normalized spacial score (nSPS) is 14.5. The van der Waals surface area contributed by atoms with E-state index in [1.165, 1.54) is 6.07 Å². The number of benzene rings is 3. The number of hydrogen-bond donors (Lipinski definition) is 0. The molecule has 2 aliphatic rings. The summed E-state index contributed by atoms with van der Waals surface area (Å²) in [6, 6.07) is 19.5. The van der Waals surface area contributed by atoms with E-state index in [1.54, 1.807) is 35.2 Å². The fourth-order valence-electron chi connectivity index (χ4n) is 3.89. The molecule has 0 aromatic heterocycles. The van der Waals surface area contributed by atoms with Gasteiger partial charge in [0, 0.05) is 34.8 Å². The molecule has 5 rings (SSSR count). The highest BCUT2D eigenvalue weighted by molar-refractivity contribution is 6.22. The molecule has 0 unspecified atom stereocenters. The van der Waals surface area contributed by atoms with E-state index in [0.29, 0.717) is 22.3 Å². The molecule has 0 N–H and O–H groups in total. The molecular formula is C24H18FNO2. The standard InChI is InChI=1S/C24H18FNO2/c25-22-8-4-1-5-16(22)14-26(17-10-11-17)24(28)15-9-12-19-18-6-2-3-7-20(18)23(27)21(19)13-15/h1-9,12-13,17H,10-11,14H2. The van der Waals surface area contributed by atoms with Gasteiger partial charge >= 0.3 is 0 Å². The topological polar surface area (TPSA) is 37.4 Å². The first-order valence-electron chi connectivity index (χ1n) is 9.46. The Morgan fingerprint density at radius 1 is 0.893 bits per heavy atom. The second-order valence-electron chi connectivity index (χ2n) is 7.39. The van der Waals surface area contributed by atoms with Crippen LogP contribution in [0.1, 0.15) is 44.7 Å². The molecular weight excluding hydrogens is 353 g/mol. The number of hydrogen-bond acceptors (Lipinski definition) is 2. The minimum absolute atomic E-state index is 0.0488. The van der Waals surface area contributed by atoms with E-state index in [0.717, 1.165) is 24.0 Å². The predicted molar refractivity (Wildman–Crippen MR) is 105 cm³/mol. The van der Waals surface area contributed by atoms with Gasteiger partial charge in [-0.3, -0.25) is 9.59 Å². The van der Waals surface area contributed by atoms with Crippen LogP contribution in [0.2, 0.25) is 0 Å². The largest absolute Gasteiger partial charge is 0.331 e. The smallest absolute Gasteiger partial charge is 0.254 e. The van der Waals surface area contributed by atoms with Crippen LogP contribution in [-0.2, 0) is 6.54 Å². The Balaban J connectivity index is 1.48. The molecule has 3 nitrogen and oxygen atoms in total. The average Bonchev–Trinajstić information content (AvgIpc) is 3.53. The van der Waals surface area contributed by atoms with Crippen molar-refractivity contribution in [2.75, 3.05) is 0 Å². The molecule has 3 aromatic rings. The Morgan fingerprint density at radius 3 is 2.32 bits per heavy atom. The molecule has 28 heavy (non-hydrogen) atoms. The molecule has 138 valence electrons. The summed E-state index contributed by atoms with van der Waals surface area (Å²) in [4.78, 5) is 27.7. The number of halogens is 1. The second-order valence-corrected chi connectivity index (χ2v) is 7.39. The summed E-state index contributed by atoms with van der Waals surface area (Å²) in [5.41, 5.74) is 3.99. The molecule has 0 saturated heterocycles. The summed E-state index contributed by atoms with van der Waals surface area (Å²) in [6.07, 6.45) is 1.85. The number of rotatable bonds is 4. The second kappa shape index (κ2) is 6.41. The molecule has 0 radical (unpaired) electrons. The molecule has 0 spiro atoms. The number of ketones is 1.